The van der Waals surface area contributed by atoms with Crippen LogP contribution in [-0.4, -0.2) is 17.3 Å². The minimum absolute atomic E-state index is 0.501. The van der Waals surface area contributed by atoms with Crippen LogP contribution >= 0.6 is 11.6 Å². The second-order valence-electron chi connectivity index (χ2n) is 5.03. The molecule has 3 rings (SSSR count). The molecule has 0 spiro atoms. The summed E-state index contributed by atoms with van der Waals surface area (Å²) in [6.45, 7) is 0. The number of halogens is 1. The molecule has 0 fully saturated rings. The molecule has 5 heteroatoms. The second-order valence-corrected chi connectivity index (χ2v) is 5.39. The SMILES string of the molecule is COc1cc(C#N)ccc1-c1nnc(Cl)c2c1CCCC2. The van der Waals surface area contributed by atoms with Gasteiger partial charge >= 0.3 is 0 Å². The van der Waals surface area contributed by atoms with Crippen LogP contribution in [0.5, 0.6) is 5.75 Å². The quantitative estimate of drug-likeness (QED) is 0.851. The molecule has 1 aliphatic carbocycles. The van der Waals surface area contributed by atoms with Crippen LogP contribution in [0.1, 0.15) is 29.5 Å². The Balaban J connectivity index is 2.20. The van der Waals surface area contributed by atoms with E-state index in [1.165, 1.54) is 0 Å². The van der Waals surface area contributed by atoms with Crippen molar-refractivity contribution >= 4 is 11.6 Å². The smallest absolute Gasteiger partial charge is 0.155 e. The maximum absolute atomic E-state index is 9.00. The fraction of sp³-hybridized carbons (Fsp3) is 0.312. The molecular formula is C16H14ClN3O. The van der Waals surface area contributed by atoms with E-state index in [9.17, 15) is 0 Å². The Morgan fingerprint density at radius 1 is 1.19 bits per heavy atom. The van der Waals surface area contributed by atoms with Gasteiger partial charge in [0.1, 0.15) is 11.4 Å². The predicted molar refractivity (Wildman–Crippen MR) is 80.4 cm³/mol. The minimum atomic E-state index is 0.501. The van der Waals surface area contributed by atoms with Gasteiger partial charge in [-0.3, -0.25) is 0 Å². The maximum Gasteiger partial charge on any atom is 0.155 e. The van der Waals surface area contributed by atoms with Crippen LogP contribution in [0.4, 0.5) is 0 Å². The molecule has 2 aromatic rings. The first-order valence-electron chi connectivity index (χ1n) is 6.87. The molecule has 0 unspecified atom stereocenters. The van der Waals surface area contributed by atoms with Crippen molar-refractivity contribution in [3.63, 3.8) is 0 Å². The van der Waals surface area contributed by atoms with Crippen molar-refractivity contribution in [3.8, 4) is 23.1 Å². The van der Waals surface area contributed by atoms with Gasteiger partial charge in [0.25, 0.3) is 0 Å². The Bertz CT molecular complexity index is 737. The summed E-state index contributed by atoms with van der Waals surface area (Å²) in [4.78, 5) is 0. The Morgan fingerprint density at radius 3 is 2.67 bits per heavy atom. The van der Waals surface area contributed by atoms with Crippen molar-refractivity contribution in [3.05, 3.63) is 40.0 Å². The van der Waals surface area contributed by atoms with Crippen molar-refractivity contribution in [1.29, 1.82) is 5.26 Å². The van der Waals surface area contributed by atoms with E-state index in [4.69, 9.17) is 21.6 Å². The lowest BCUT2D eigenvalue weighted by Gasteiger charge is -2.19. The average Bonchev–Trinajstić information content (AvgIpc) is 2.55. The fourth-order valence-corrected chi connectivity index (χ4v) is 3.03. The zero-order chi connectivity index (χ0) is 14.8. The zero-order valence-electron chi connectivity index (χ0n) is 11.7. The highest BCUT2D eigenvalue weighted by Gasteiger charge is 2.21. The Labute approximate surface area is 128 Å². The molecule has 21 heavy (non-hydrogen) atoms. The van der Waals surface area contributed by atoms with Crippen LogP contribution in [0.3, 0.4) is 0 Å². The number of aromatic nitrogens is 2. The van der Waals surface area contributed by atoms with Gasteiger partial charge in [-0.1, -0.05) is 11.6 Å². The van der Waals surface area contributed by atoms with E-state index >= 15 is 0 Å². The highest BCUT2D eigenvalue weighted by molar-refractivity contribution is 6.30. The van der Waals surface area contributed by atoms with Gasteiger partial charge in [0.15, 0.2) is 5.15 Å². The van der Waals surface area contributed by atoms with Gasteiger partial charge in [0.05, 0.1) is 18.7 Å². The van der Waals surface area contributed by atoms with Crippen molar-refractivity contribution in [2.45, 2.75) is 25.7 Å². The van der Waals surface area contributed by atoms with E-state index in [2.05, 4.69) is 16.3 Å². The summed E-state index contributed by atoms with van der Waals surface area (Å²) in [5.74, 6) is 0.637. The molecule has 0 radical (unpaired) electrons. The van der Waals surface area contributed by atoms with E-state index in [0.717, 1.165) is 48.1 Å². The first-order chi connectivity index (χ1) is 10.2. The largest absolute Gasteiger partial charge is 0.496 e. The number of ether oxygens (including phenoxy) is 1. The van der Waals surface area contributed by atoms with E-state index in [-0.39, 0.29) is 0 Å². The predicted octanol–water partition coefficient (Wildman–Crippen LogP) is 3.56. The summed E-state index contributed by atoms with van der Waals surface area (Å²) in [5, 5.41) is 17.9. The molecule has 106 valence electrons. The van der Waals surface area contributed by atoms with Gasteiger partial charge in [-0.25, -0.2) is 0 Å². The Kier molecular flexibility index (Phi) is 3.76. The second kappa shape index (κ2) is 5.71. The van der Waals surface area contributed by atoms with Gasteiger partial charge in [-0.2, -0.15) is 5.26 Å². The molecule has 4 nitrogen and oxygen atoms in total. The maximum atomic E-state index is 9.00. The van der Waals surface area contributed by atoms with Crippen molar-refractivity contribution in [2.75, 3.05) is 7.11 Å². The molecule has 0 saturated carbocycles. The van der Waals surface area contributed by atoms with E-state index in [1.807, 2.05) is 6.07 Å². The summed E-state index contributed by atoms with van der Waals surface area (Å²) in [7, 11) is 1.59. The first kappa shape index (κ1) is 13.8. The number of nitriles is 1. The summed E-state index contributed by atoms with van der Waals surface area (Å²) in [5.41, 5.74) is 4.49. The van der Waals surface area contributed by atoms with Crippen LogP contribution in [0.15, 0.2) is 18.2 Å². The number of fused-ring (bicyclic) bond motifs is 1. The lowest BCUT2D eigenvalue weighted by molar-refractivity contribution is 0.416. The third-order valence-electron chi connectivity index (χ3n) is 3.83. The van der Waals surface area contributed by atoms with Crippen LogP contribution in [0.2, 0.25) is 5.15 Å². The van der Waals surface area contributed by atoms with E-state index in [1.54, 1.807) is 19.2 Å². The standard InChI is InChI=1S/C16H14ClN3O/c1-21-14-8-10(9-18)6-7-13(14)15-11-4-2-3-5-12(11)16(17)20-19-15/h6-8H,2-5H2,1H3. The molecule has 0 bridgehead atoms. The van der Waals surface area contributed by atoms with Crippen LogP contribution in [0.25, 0.3) is 11.3 Å². The minimum Gasteiger partial charge on any atom is -0.496 e. The number of hydrogen-bond donors (Lipinski definition) is 0. The monoisotopic (exact) mass is 299 g/mol. The highest BCUT2D eigenvalue weighted by atomic mass is 35.5. The van der Waals surface area contributed by atoms with Gasteiger partial charge < -0.3 is 4.74 Å². The van der Waals surface area contributed by atoms with E-state index in [0.29, 0.717) is 16.5 Å². The number of benzene rings is 1. The number of nitrogens with zero attached hydrogens (tertiary/aromatic N) is 3. The number of rotatable bonds is 2. The van der Waals surface area contributed by atoms with Crippen molar-refractivity contribution in [2.24, 2.45) is 0 Å². The summed E-state index contributed by atoms with van der Waals surface area (Å²) in [6.07, 6.45) is 4.14. The topological polar surface area (TPSA) is 58.8 Å². The van der Waals surface area contributed by atoms with Gasteiger partial charge in [-0.15, -0.1) is 10.2 Å². The number of hydrogen-bond acceptors (Lipinski definition) is 4. The number of methoxy groups -OCH3 is 1. The third-order valence-corrected chi connectivity index (χ3v) is 4.13. The molecule has 0 N–H and O–H groups in total. The fourth-order valence-electron chi connectivity index (χ4n) is 2.78. The summed E-state index contributed by atoms with van der Waals surface area (Å²) in [6, 6.07) is 7.47. The average molecular weight is 300 g/mol. The summed E-state index contributed by atoms with van der Waals surface area (Å²) < 4.78 is 5.41. The molecule has 0 atom stereocenters. The molecule has 0 saturated heterocycles. The first-order valence-corrected chi connectivity index (χ1v) is 7.25. The molecule has 0 aliphatic heterocycles. The molecular weight excluding hydrogens is 286 g/mol. The highest BCUT2D eigenvalue weighted by Crippen LogP contribution is 2.37. The van der Waals surface area contributed by atoms with E-state index < -0.39 is 0 Å². The lowest BCUT2D eigenvalue weighted by atomic mass is 9.89. The normalized spacial score (nSPS) is 13.4. The molecule has 1 aromatic heterocycles. The van der Waals surface area contributed by atoms with Gasteiger partial charge in [-0.05, 0) is 55.0 Å². The molecule has 1 aromatic carbocycles. The van der Waals surface area contributed by atoms with Crippen LogP contribution in [0, 0.1) is 11.3 Å². The van der Waals surface area contributed by atoms with Gasteiger partial charge in [0.2, 0.25) is 0 Å². The van der Waals surface area contributed by atoms with Crippen LogP contribution < -0.4 is 4.74 Å². The molecule has 0 amide bonds. The Morgan fingerprint density at radius 2 is 1.95 bits per heavy atom. The third kappa shape index (κ3) is 2.45. The van der Waals surface area contributed by atoms with Crippen molar-refractivity contribution in [1.82, 2.24) is 10.2 Å². The van der Waals surface area contributed by atoms with Crippen molar-refractivity contribution < 1.29 is 4.74 Å². The summed E-state index contributed by atoms with van der Waals surface area (Å²) >= 11 is 6.18. The molecule has 1 heterocycles. The zero-order valence-corrected chi connectivity index (χ0v) is 12.4. The lowest BCUT2D eigenvalue weighted by Crippen LogP contribution is -2.09. The molecule has 1 aliphatic rings. The van der Waals surface area contributed by atoms with Crippen LogP contribution in [-0.2, 0) is 12.8 Å². The Hall–Kier alpha value is -2.12. The van der Waals surface area contributed by atoms with Gasteiger partial charge in [0, 0.05) is 5.56 Å².